The molecule has 0 saturated carbocycles. The van der Waals surface area contributed by atoms with Crippen molar-refractivity contribution >= 4 is 22.5 Å². The first-order valence-corrected chi connectivity index (χ1v) is 13.2. The van der Waals surface area contributed by atoms with Crippen LogP contribution in [-0.4, -0.2) is 47.6 Å². The summed E-state index contributed by atoms with van der Waals surface area (Å²) < 4.78 is 0. The van der Waals surface area contributed by atoms with Crippen molar-refractivity contribution < 1.29 is 9.59 Å². The van der Waals surface area contributed by atoms with E-state index in [1.165, 1.54) is 0 Å². The fourth-order valence-corrected chi connectivity index (χ4v) is 5.22. The van der Waals surface area contributed by atoms with Gasteiger partial charge in [0.1, 0.15) is 0 Å². The Kier molecular flexibility index (Phi) is 7.78. The molecular formula is C32H32N4O2. The molecule has 0 radical (unpaired) electrons. The van der Waals surface area contributed by atoms with Crippen molar-refractivity contribution in [1.82, 2.24) is 15.2 Å². The molecule has 1 aliphatic heterocycles. The minimum absolute atomic E-state index is 0.0181. The molecule has 2 heterocycles. The Bertz CT molecular complexity index is 1460. The summed E-state index contributed by atoms with van der Waals surface area (Å²) in [4.78, 5) is 32.3. The number of nitrogens with zero attached hydrogens (tertiary/aromatic N) is 2. The highest BCUT2D eigenvalue weighted by Gasteiger charge is 2.28. The van der Waals surface area contributed by atoms with Gasteiger partial charge in [-0.1, -0.05) is 61.5 Å². The van der Waals surface area contributed by atoms with Gasteiger partial charge in [0.2, 0.25) is 0 Å². The Hall–Kier alpha value is -4.05. The fourth-order valence-electron chi connectivity index (χ4n) is 5.22. The maximum Gasteiger partial charge on any atom is 0.186 e. The number of H-pyrrole nitrogens is 1. The molecule has 6 heteroatoms. The molecule has 4 aromatic rings. The average molecular weight is 505 g/mol. The quantitative estimate of drug-likeness (QED) is 0.270. The minimum Gasteiger partial charge on any atom is -0.360 e. The van der Waals surface area contributed by atoms with Crippen LogP contribution >= 0.6 is 0 Å². The molecule has 1 saturated heterocycles. The second-order valence-corrected chi connectivity index (χ2v) is 10.0. The van der Waals surface area contributed by atoms with Crippen LogP contribution < -0.4 is 5.32 Å². The molecule has 0 aliphatic carbocycles. The second kappa shape index (κ2) is 11.6. The highest BCUT2D eigenvalue weighted by Crippen LogP contribution is 2.27. The Morgan fingerprint density at radius 1 is 1.08 bits per heavy atom. The van der Waals surface area contributed by atoms with E-state index < -0.39 is 6.04 Å². The van der Waals surface area contributed by atoms with Gasteiger partial charge in [0.15, 0.2) is 11.6 Å². The third-order valence-corrected chi connectivity index (χ3v) is 7.46. The van der Waals surface area contributed by atoms with E-state index in [0.717, 1.165) is 48.1 Å². The number of fused-ring (bicyclic) bond motifs is 1. The lowest BCUT2D eigenvalue weighted by Gasteiger charge is -2.38. The van der Waals surface area contributed by atoms with Crippen molar-refractivity contribution in [3.05, 3.63) is 107 Å². The number of nitrogens with one attached hydrogen (secondary N) is 2. The first-order valence-electron chi connectivity index (χ1n) is 13.2. The van der Waals surface area contributed by atoms with Crippen LogP contribution in [0.5, 0.6) is 0 Å². The molecule has 1 aromatic heterocycles. The SMILES string of the molecule is CCN1CC(CC(=O)c2ccc3c(C(=O)C(NCCc4ccc(C#N)cc4)c4ccccc4)c[nH]c3c2)C1. The molecule has 1 atom stereocenters. The summed E-state index contributed by atoms with van der Waals surface area (Å²) in [5, 5.41) is 13.3. The summed E-state index contributed by atoms with van der Waals surface area (Å²) >= 11 is 0. The molecule has 6 nitrogen and oxygen atoms in total. The Balaban J connectivity index is 1.31. The van der Waals surface area contributed by atoms with E-state index in [1.807, 2.05) is 72.8 Å². The Morgan fingerprint density at radius 3 is 2.55 bits per heavy atom. The molecule has 1 fully saturated rings. The Labute approximate surface area is 223 Å². The van der Waals surface area contributed by atoms with E-state index in [0.29, 0.717) is 35.6 Å². The standard InChI is InChI=1S/C32H32N4O2/c1-2-36-20-24(21-36)16-30(37)26-12-13-27-28(19-35-29(27)17-26)32(38)31(25-6-4-3-5-7-25)34-15-14-22-8-10-23(18-33)11-9-22/h3-13,17,19,24,31,34-35H,2,14-16,20-21H2,1H3. The van der Waals surface area contributed by atoms with Crippen LogP contribution in [0.2, 0.25) is 0 Å². The molecular weight excluding hydrogens is 472 g/mol. The number of rotatable bonds is 11. The number of likely N-dealkylation sites (tertiary alicyclic amines) is 1. The normalized spacial score (nSPS) is 14.6. The maximum atomic E-state index is 13.8. The smallest absolute Gasteiger partial charge is 0.186 e. The van der Waals surface area contributed by atoms with E-state index in [2.05, 4.69) is 28.2 Å². The average Bonchev–Trinajstić information content (AvgIpc) is 3.36. The molecule has 1 unspecified atom stereocenters. The van der Waals surface area contributed by atoms with Crippen LogP contribution in [0.25, 0.3) is 10.9 Å². The van der Waals surface area contributed by atoms with Gasteiger partial charge in [0.25, 0.3) is 0 Å². The number of carbonyl (C=O) groups excluding carboxylic acids is 2. The topological polar surface area (TPSA) is 89.0 Å². The van der Waals surface area contributed by atoms with Crippen molar-refractivity contribution in [3.63, 3.8) is 0 Å². The zero-order chi connectivity index (χ0) is 26.5. The fraction of sp³-hybridized carbons (Fsp3) is 0.281. The number of hydrogen-bond acceptors (Lipinski definition) is 5. The second-order valence-electron chi connectivity index (χ2n) is 10.0. The number of hydrogen-bond donors (Lipinski definition) is 2. The monoisotopic (exact) mass is 504 g/mol. The minimum atomic E-state index is -0.505. The van der Waals surface area contributed by atoms with Gasteiger partial charge in [0.05, 0.1) is 17.7 Å². The number of aromatic amines is 1. The molecule has 192 valence electrons. The van der Waals surface area contributed by atoms with Gasteiger partial charge >= 0.3 is 0 Å². The molecule has 0 bridgehead atoms. The van der Waals surface area contributed by atoms with Crippen LogP contribution in [0.1, 0.15) is 56.8 Å². The summed E-state index contributed by atoms with van der Waals surface area (Å²) in [6, 6.07) is 24.5. The van der Waals surface area contributed by atoms with Crippen molar-refractivity contribution in [2.45, 2.75) is 25.8 Å². The van der Waals surface area contributed by atoms with Crippen molar-refractivity contribution in [1.29, 1.82) is 5.26 Å². The van der Waals surface area contributed by atoms with Gasteiger partial charge in [0, 0.05) is 54.3 Å². The molecule has 3 aromatic carbocycles. The molecule has 0 amide bonds. The van der Waals surface area contributed by atoms with Crippen LogP contribution in [0.3, 0.4) is 0 Å². The lowest BCUT2D eigenvalue weighted by molar-refractivity contribution is 0.0767. The van der Waals surface area contributed by atoms with Gasteiger partial charge in [-0.3, -0.25) is 9.59 Å². The van der Waals surface area contributed by atoms with E-state index in [-0.39, 0.29) is 11.6 Å². The number of carbonyl (C=O) groups is 2. The van der Waals surface area contributed by atoms with Crippen molar-refractivity contribution in [3.8, 4) is 6.07 Å². The lowest BCUT2D eigenvalue weighted by Crippen LogP contribution is -2.46. The molecule has 0 spiro atoms. The number of ketones is 2. The molecule has 5 rings (SSSR count). The zero-order valence-electron chi connectivity index (χ0n) is 21.6. The summed E-state index contributed by atoms with van der Waals surface area (Å²) in [6.07, 6.45) is 3.05. The summed E-state index contributed by atoms with van der Waals surface area (Å²) in [5.74, 6) is 0.568. The first-order chi connectivity index (χ1) is 18.6. The number of Topliss-reactive ketones (excluding diaryl/α,β-unsaturated/α-hetero) is 2. The van der Waals surface area contributed by atoms with Crippen LogP contribution in [0.15, 0.2) is 79.0 Å². The van der Waals surface area contributed by atoms with E-state index in [9.17, 15) is 9.59 Å². The van der Waals surface area contributed by atoms with E-state index >= 15 is 0 Å². The third kappa shape index (κ3) is 5.60. The van der Waals surface area contributed by atoms with Crippen LogP contribution in [0, 0.1) is 17.2 Å². The lowest BCUT2D eigenvalue weighted by atomic mass is 9.91. The first kappa shape index (κ1) is 25.6. The van der Waals surface area contributed by atoms with E-state index in [1.54, 1.807) is 6.20 Å². The van der Waals surface area contributed by atoms with Crippen molar-refractivity contribution in [2.24, 2.45) is 5.92 Å². The van der Waals surface area contributed by atoms with Gasteiger partial charge < -0.3 is 15.2 Å². The highest BCUT2D eigenvalue weighted by atomic mass is 16.1. The summed E-state index contributed by atoms with van der Waals surface area (Å²) in [5.41, 5.74) is 4.73. The zero-order valence-corrected chi connectivity index (χ0v) is 21.6. The van der Waals surface area contributed by atoms with Crippen molar-refractivity contribution in [2.75, 3.05) is 26.2 Å². The molecule has 1 aliphatic rings. The van der Waals surface area contributed by atoms with Crippen LogP contribution in [0.4, 0.5) is 0 Å². The number of nitriles is 1. The third-order valence-electron chi connectivity index (χ3n) is 7.46. The summed E-state index contributed by atoms with van der Waals surface area (Å²) in [7, 11) is 0. The van der Waals surface area contributed by atoms with Gasteiger partial charge in [-0.15, -0.1) is 0 Å². The van der Waals surface area contributed by atoms with Gasteiger partial charge in [-0.25, -0.2) is 0 Å². The molecule has 2 N–H and O–H groups in total. The number of aromatic nitrogens is 1. The maximum absolute atomic E-state index is 13.8. The predicted octanol–water partition coefficient (Wildman–Crippen LogP) is 5.32. The molecule has 38 heavy (non-hydrogen) atoms. The van der Waals surface area contributed by atoms with Gasteiger partial charge in [-0.2, -0.15) is 5.26 Å². The van der Waals surface area contributed by atoms with Gasteiger partial charge in [-0.05, 0) is 48.2 Å². The predicted molar refractivity (Wildman–Crippen MR) is 149 cm³/mol. The van der Waals surface area contributed by atoms with E-state index in [4.69, 9.17) is 5.26 Å². The van der Waals surface area contributed by atoms with Crippen LogP contribution in [-0.2, 0) is 6.42 Å². The largest absolute Gasteiger partial charge is 0.360 e. The summed E-state index contributed by atoms with van der Waals surface area (Å²) in [6.45, 7) is 5.76. The Morgan fingerprint density at radius 2 is 1.84 bits per heavy atom. The number of benzene rings is 3. The highest BCUT2D eigenvalue weighted by molar-refractivity contribution is 6.11.